The van der Waals surface area contributed by atoms with Crippen LogP contribution in [-0.2, 0) is 4.79 Å². The van der Waals surface area contributed by atoms with Crippen LogP contribution in [0.3, 0.4) is 0 Å². The zero-order chi connectivity index (χ0) is 11.4. The lowest BCUT2D eigenvalue weighted by Crippen LogP contribution is -2.31. The molecule has 6 heteroatoms. The second-order valence-electron chi connectivity index (χ2n) is 2.93. The van der Waals surface area contributed by atoms with Crippen LogP contribution in [0.2, 0.25) is 5.02 Å². The van der Waals surface area contributed by atoms with Gasteiger partial charge in [-0.2, -0.15) is 0 Å². The van der Waals surface area contributed by atoms with Gasteiger partial charge in [-0.1, -0.05) is 23.7 Å². The minimum absolute atomic E-state index is 0.349. The molecule has 0 aliphatic heterocycles. The fourth-order valence-electron chi connectivity index (χ4n) is 0.895. The van der Waals surface area contributed by atoms with Crippen LogP contribution in [0.1, 0.15) is 6.92 Å². The summed E-state index contributed by atoms with van der Waals surface area (Å²) in [5.41, 5.74) is 0.373. The molecule has 1 rings (SSSR count). The van der Waals surface area contributed by atoms with E-state index in [0.717, 1.165) is 0 Å². The SMILES string of the molecule is CC(C(=O)Nc1ccccc1Cl)[N+](=O)[O-]. The third kappa shape index (κ3) is 2.92. The molecule has 1 unspecified atom stereocenters. The third-order valence-electron chi connectivity index (χ3n) is 1.83. The predicted molar refractivity (Wildman–Crippen MR) is 56.5 cm³/mol. The quantitative estimate of drug-likeness (QED) is 0.635. The minimum atomic E-state index is -1.29. The van der Waals surface area contributed by atoms with Gasteiger partial charge in [0.1, 0.15) is 0 Å². The summed E-state index contributed by atoms with van der Waals surface area (Å²) in [6.45, 7) is 1.21. The van der Waals surface area contributed by atoms with Crippen molar-refractivity contribution in [3.8, 4) is 0 Å². The summed E-state index contributed by atoms with van der Waals surface area (Å²) in [6.07, 6.45) is 0. The number of halogens is 1. The first kappa shape index (κ1) is 11.5. The van der Waals surface area contributed by atoms with Crippen LogP contribution in [0.15, 0.2) is 24.3 Å². The van der Waals surface area contributed by atoms with Gasteiger partial charge in [-0.25, -0.2) is 0 Å². The fraction of sp³-hybridized carbons (Fsp3) is 0.222. The third-order valence-corrected chi connectivity index (χ3v) is 2.16. The highest BCUT2D eigenvalue weighted by atomic mass is 35.5. The van der Waals surface area contributed by atoms with Crippen LogP contribution in [0.5, 0.6) is 0 Å². The molecule has 0 fully saturated rings. The number of hydrogen-bond donors (Lipinski definition) is 1. The van der Waals surface area contributed by atoms with Gasteiger partial charge >= 0.3 is 0 Å². The minimum Gasteiger partial charge on any atom is -0.319 e. The molecule has 0 radical (unpaired) electrons. The van der Waals surface area contributed by atoms with Crippen LogP contribution in [-0.4, -0.2) is 16.9 Å². The highest BCUT2D eigenvalue weighted by molar-refractivity contribution is 6.33. The van der Waals surface area contributed by atoms with Crippen molar-refractivity contribution in [2.24, 2.45) is 0 Å². The van der Waals surface area contributed by atoms with Crippen molar-refractivity contribution in [2.45, 2.75) is 13.0 Å². The topological polar surface area (TPSA) is 72.2 Å². The summed E-state index contributed by atoms with van der Waals surface area (Å²) in [4.78, 5) is 21.0. The molecule has 0 aliphatic rings. The lowest BCUT2D eigenvalue weighted by atomic mass is 10.3. The maximum Gasteiger partial charge on any atom is 0.298 e. The summed E-state index contributed by atoms with van der Waals surface area (Å²) >= 11 is 5.77. The average molecular weight is 229 g/mol. The molecule has 1 atom stereocenters. The van der Waals surface area contributed by atoms with Gasteiger partial charge in [0.05, 0.1) is 10.7 Å². The molecule has 0 spiro atoms. The Balaban J connectivity index is 2.75. The van der Waals surface area contributed by atoms with E-state index in [1.165, 1.54) is 6.92 Å². The Labute approximate surface area is 91.2 Å². The van der Waals surface area contributed by atoms with Crippen LogP contribution in [0.4, 0.5) is 5.69 Å². The van der Waals surface area contributed by atoms with Crippen molar-refractivity contribution >= 4 is 23.2 Å². The summed E-state index contributed by atoms with van der Waals surface area (Å²) in [7, 11) is 0. The molecule has 1 aromatic carbocycles. The van der Waals surface area contributed by atoms with Crippen molar-refractivity contribution in [1.82, 2.24) is 0 Å². The van der Waals surface area contributed by atoms with Gasteiger partial charge in [0.15, 0.2) is 0 Å². The Hall–Kier alpha value is -1.62. The van der Waals surface area contributed by atoms with Crippen molar-refractivity contribution in [2.75, 3.05) is 5.32 Å². The second-order valence-corrected chi connectivity index (χ2v) is 3.34. The lowest BCUT2D eigenvalue weighted by Gasteiger charge is -2.07. The second kappa shape index (κ2) is 4.75. The molecule has 0 aliphatic carbocycles. The molecule has 1 N–H and O–H groups in total. The van der Waals surface area contributed by atoms with Crippen LogP contribution < -0.4 is 5.32 Å². The molecule has 0 heterocycles. The molecule has 0 bridgehead atoms. The number of rotatable bonds is 3. The summed E-state index contributed by atoms with van der Waals surface area (Å²) in [6, 6.07) is 5.26. The Morgan fingerprint density at radius 2 is 2.13 bits per heavy atom. The maximum absolute atomic E-state index is 11.3. The highest BCUT2D eigenvalue weighted by Gasteiger charge is 2.23. The van der Waals surface area contributed by atoms with Crippen LogP contribution >= 0.6 is 11.6 Å². The molecule has 1 aromatic rings. The smallest absolute Gasteiger partial charge is 0.298 e. The Bertz CT molecular complexity index is 395. The normalized spacial score (nSPS) is 11.9. The number of nitrogens with zero attached hydrogens (tertiary/aromatic N) is 1. The number of para-hydroxylation sites is 1. The summed E-state index contributed by atoms with van der Waals surface area (Å²) < 4.78 is 0. The highest BCUT2D eigenvalue weighted by Crippen LogP contribution is 2.20. The number of carbonyl (C=O) groups is 1. The number of amides is 1. The number of carbonyl (C=O) groups excluding carboxylic acids is 1. The zero-order valence-corrected chi connectivity index (χ0v) is 8.69. The predicted octanol–water partition coefficient (Wildman–Crippen LogP) is 1.94. The van der Waals surface area contributed by atoms with E-state index in [9.17, 15) is 14.9 Å². The monoisotopic (exact) mass is 228 g/mol. The first-order valence-electron chi connectivity index (χ1n) is 4.21. The van der Waals surface area contributed by atoms with Crippen LogP contribution in [0.25, 0.3) is 0 Å². The number of benzene rings is 1. The van der Waals surface area contributed by atoms with Gasteiger partial charge in [-0.05, 0) is 12.1 Å². The lowest BCUT2D eigenvalue weighted by molar-refractivity contribution is -0.502. The van der Waals surface area contributed by atoms with E-state index in [-0.39, 0.29) is 0 Å². The van der Waals surface area contributed by atoms with Crippen molar-refractivity contribution in [3.05, 3.63) is 39.4 Å². The first-order valence-corrected chi connectivity index (χ1v) is 4.59. The molecular weight excluding hydrogens is 220 g/mol. The van der Waals surface area contributed by atoms with Crippen molar-refractivity contribution < 1.29 is 9.72 Å². The number of hydrogen-bond acceptors (Lipinski definition) is 3. The Kier molecular flexibility index (Phi) is 3.62. The molecule has 0 aromatic heterocycles. The molecule has 1 amide bonds. The number of nitro groups is 1. The van der Waals surface area contributed by atoms with Crippen LogP contribution in [0, 0.1) is 10.1 Å². The zero-order valence-electron chi connectivity index (χ0n) is 7.94. The summed E-state index contributed by atoms with van der Waals surface area (Å²) in [5, 5.41) is 13.1. The van der Waals surface area contributed by atoms with E-state index in [4.69, 9.17) is 11.6 Å². The van der Waals surface area contributed by atoms with E-state index in [2.05, 4.69) is 5.32 Å². The first-order chi connectivity index (χ1) is 7.02. The largest absolute Gasteiger partial charge is 0.319 e. The molecule has 0 saturated carbocycles. The molecule has 0 saturated heterocycles. The fourth-order valence-corrected chi connectivity index (χ4v) is 1.08. The van der Waals surface area contributed by atoms with Gasteiger partial charge in [0, 0.05) is 11.8 Å². The molecule has 15 heavy (non-hydrogen) atoms. The Morgan fingerprint density at radius 1 is 1.53 bits per heavy atom. The standard InChI is InChI=1S/C9H9ClN2O3/c1-6(12(14)15)9(13)11-8-5-3-2-4-7(8)10/h2-6H,1H3,(H,11,13). The molecule has 80 valence electrons. The van der Waals surface area contributed by atoms with E-state index < -0.39 is 16.9 Å². The summed E-state index contributed by atoms with van der Waals surface area (Å²) in [5.74, 6) is -0.687. The van der Waals surface area contributed by atoms with E-state index in [0.29, 0.717) is 10.7 Å². The van der Waals surface area contributed by atoms with Gasteiger partial charge in [-0.3, -0.25) is 14.9 Å². The number of anilines is 1. The average Bonchev–Trinajstić information content (AvgIpc) is 2.20. The van der Waals surface area contributed by atoms with Gasteiger partial charge in [0.25, 0.3) is 11.9 Å². The molecule has 5 nitrogen and oxygen atoms in total. The van der Waals surface area contributed by atoms with E-state index >= 15 is 0 Å². The number of nitrogens with one attached hydrogen (secondary N) is 1. The van der Waals surface area contributed by atoms with E-state index in [1.54, 1.807) is 24.3 Å². The van der Waals surface area contributed by atoms with Gasteiger partial charge in [0.2, 0.25) is 0 Å². The van der Waals surface area contributed by atoms with Crippen molar-refractivity contribution in [1.29, 1.82) is 0 Å². The van der Waals surface area contributed by atoms with Gasteiger partial charge < -0.3 is 5.32 Å². The maximum atomic E-state index is 11.3. The van der Waals surface area contributed by atoms with E-state index in [1.807, 2.05) is 0 Å². The van der Waals surface area contributed by atoms with Crippen molar-refractivity contribution in [3.63, 3.8) is 0 Å². The molecular formula is C9H9ClN2O3. The van der Waals surface area contributed by atoms with Gasteiger partial charge in [-0.15, -0.1) is 0 Å². The Morgan fingerprint density at radius 3 is 2.67 bits per heavy atom.